The molecule has 0 saturated carbocycles. The molecule has 0 aliphatic rings. The molecule has 0 bridgehead atoms. The number of aliphatic carboxylic acids is 1. The highest BCUT2D eigenvalue weighted by atomic mass is 35.5. The lowest BCUT2D eigenvalue weighted by Crippen LogP contribution is -2.40. The van der Waals surface area contributed by atoms with Crippen molar-refractivity contribution in [3.63, 3.8) is 0 Å². The summed E-state index contributed by atoms with van der Waals surface area (Å²) in [5.41, 5.74) is 0.847. The van der Waals surface area contributed by atoms with Crippen molar-refractivity contribution in [1.82, 2.24) is 4.72 Å². The van der Waals surface area contributed by atoms with Crippen molar-refractivity contribution in [3.05, 3.63) is 28.8 Å². The van der Waals surface area contributed by atoms with Crippen LogP contribution in [0.15, 0.2) is 23.1 Å². The zero-order valence-corrected chi connectivity index (χ0v) is 13.1. The van der Waals surface area contributed by atoms with Gasteiger partial charge in [0.25, 0.3) is 0 Å². The lowest BCUT2D eigenvalue weighted by atomic mass is 10.0. The Morgan fingerprint density at radius 1 is 1.40 bits per heavy atom. The molecule has 0 aliphatic heterocycles. The van der Waals surface area contributed by atoms with Gasteiger partial charge >= 0.3 is 5.97 Å². The van der Waals surface area contributed by atoms with Crippen LogP contribution in [0.2, 0.25) is 5.02 Å². The third kappa shape index (κ3) is 4.47. The Kier molecular flexibility index (Phi) is 5.56. The van der Waals surface area contributed by atoms with Gasteiger partial charge in [0.15, 0.2) is 0 Å². The van der Waals surface area contributed by atoms with Crippen LogP contribution >= 0.6 is 11.6 Å². The van der Waals surface area contributed by atoms with Crippen molar-refractivity contribution < 1.29 is 18.3 Å². The summed E-state index contributed by atoms with van der Waals surface area (Å²) in [7, 11) is -3.84. The quantitative estimate of drug-likeness (QED) is 0.843. The fourth-order valence-electron chi connectivity index (χ4n) is 1.69. The molecule has 0 amide bonds. The summed E-state index contributed by atoms with van der Waals surface area (Å²) in [6, 6.07) is 3.92. The molecule has 112 valence electrons. The predicted octanol–water partition coefficient (Wildman–Crippen LogP) is 2.43. The number of aryl methyl sites for hydroxylation is 1. The Bertz CT molecular complexity index is 598. The van der Waals surface area contributed by atoms with E-state index in [0.717, 1.165) is 5.56 Å². The van der Waals surface area contributed by atoms with E-state index in [-0.39, 0.29) is 22.3 Å². The number of rotatable bonds is 6. The molecule has 0 aromatic heterocycles. The van der Waals surface area contributed by atoms with Crippen LogP contribution in [-0.4, -0.2) is 25.5 Å². The highest BCUT2D eigenvalue weighted by Crippen LogP contribution is 2.23. The van der Waals surface area contributed by atoms with Crippen LogP contribution in [0, 0.1) is 12.8 Å². The second-order valence-electron chi connectivity index (χ2n) is 5.00. The minimum Gasteiger partial charge on any atom is -0.481 e. The second kappa shape index (κ2) is 6.56. The normalized spacial score (nSPS) is 13.4. The molecule has 1 unspecified atom stereocenters. The van der Waals surface area contributed by atoms with Gasteiger partial charge in [0.2, 0.25) is 10.0 Å². The fourth-order valence-corrected chi connectivity index (χ4v) is 3.67. The molecule has 1 aromatic carbocycles. The molecule has 0 aliphatic carbocycles. The average Bonchev–Trinajstić information content (AvgIpc) is 2.26. The van der Waals surface area contributed by atoms with Gasteiger partial charge in [-0.1, -0.05) is 31.5 Å². The summed E-state index contributed by atoms with van der Waals surface area (Å²) in [4.78, 5) is 10.7. The van der Waals surface area contributed by atoms with E-state index in [1.54, 1.807) is 32.9 Å². The lowest BCUT2D eigenvalue weighted by molar-refractivity contribution is -0.137. The molecular weight excluding hydrogens is 302 g/mol. The summed E-state index contributed by atoms with van der Waals surface area (Å²) in [5.74, 6) is -1.20. The molecule has 0 fully saturated rings. The smallest absolute Gasteiger partial charge is 0.304 e. The maximum atomic E-state index is 12.3. The summed E-state index contributed by atoms with van der Waals surface area (Å²) in [5, 5.41) is 8.95. The molecule has 7 heteroatoms. The van der Waals surface area contributed by atoms with Gasteiger partial charge in [-0.2, -0.15) is 0 Å². The third-order valence-corrected chi connectivity index (χ3v) is 4.86. The van der Waals surface area contributed by atoms with Crippen molar-refractivity contribution in [3.8, 4) is 0 Å². The van der Waals surface area contributed by atoms with Gasteiger partial charge in [-0.25, -0.2) is 13.1 Å². The Balaban J connectivity index is 3.06. The van der Waals surface area contributed by atoms with Crippen LogP contribution in [0.3, 0.4) is 0 Å². The minimum atomic E-state index is -3.84. The molecule has 1 rings (SSSR count). The highest BCUT2D eigenvalue weighted by Gasteiger charge is 2.26. The number of carboxylic acid groups (broad SMARTS) is 1. The maximum absolute atomic E-state index is 12.3. The number of hydrogen-bond acceptors (Lipinski definition) is 3. The second-order valence-corrected chi connectivity index (χ2v) is 7.09. The summed E-state index contributed by atoms with van der Waals surface area (Å²) < 4.78 is 27.0. The zero-order chi connectivity index (χ0) is 15.5. The predicted molar refractivity (Wildman–Crippen MR) is 77.4 cm³/mol. The number of carboxylic acids is 1. The minimum absolute atomic E-state index is 0.0409. The first kappa shape index (κ1) is 16.9. The Morgan fingerprint density at radius 3 is 2.45 bits per heavy atom. The molecule has 1 atom stereocenters. The van der Waals surface area contributed by atoms with E-state index in [2.05, 4.69) is 4.72 Å². The van der Waals surface area contributed by atoms with Crippen LogP contribution in [0.1, 0.15) is 25.8 Å². The van der Waals surface area contributed by atoms with Gasteiger partial charge in [0, 0.05) is 6.04 Å². The van der Waals surface area contributed by atoms with E-state index in [9.17, 15) is 13.2 Å². The third-order valence-electron chi connectivity index (χ3n) is 2.88. The van der Waals surface area contributed by atoms with Gasteiger partial charge in [0.1, 0.15) is 4.90 Å². The van der Waals surface area contributed by atoms with E-state index < -0.39 is 22.0 Å². The van der Waals surface area contributed by atoms with Gasteiger partial charge in [-0.05, 0) is 30.5 Å². The molecule has 20 heavy (non-hydrogen) atoms. The lowest BCUT2D eigenvalue weighted by Gasteiger charge is -2.21. The van der Waals surface area contributed by atoms with E-state index in [4.69, 9.17) is 16.7 Å². The number of halogens is 1. The van der Waals surface area contributed by atoms with Crippen LogP contribution in [0.5, 0.6) is 0 Å². The van der Waals surface area contributed by atoms with Crippen LogP contribution in [0.25, 0.3) is 0 Å². The molecule has 0 heterocycles. The first-order valence-corrected chi connectivity index (χ1v) is 8.00. The molecule has 0 saturated heterocycles. The highest BCUT2D eigenvalue weighted by molar-refractivity contribution is 7.89. The van der Waals surface area contributed by atoms with Gasteiger partial charge < -0.3 is 5.11 Å². The van der Waals surface area contributed by atoms with E-state index in [1.807, 2.05) is 0 Å². The fraction of sp³-hybridized carbons (Fsp3) is 0.462. The van der Waals surface area contributed by atoms with E-state index >= 15 is 0 Å². The van der Waals surface area contributed by atoms with Crippen molar-refractivity contribution in [2.24, 2.45) is 5.92 Å². The van der Waals surface area contributed by atoms with Crippen LogP contribution < -0.4 is 4.72 Å². The summed E-state index contributed by atoms with van der Waals surface area (Å²) >= 11 is 5.95. The van der Waals surface area contributed by atoms with Crippen LogP contribution in [-0.2, 0) is 14.8 Å². The standard InChI is InChI=1S/C13H18ClNO4S/c1-8(2)11(7-13(16)17)15-20(18,19)12-5-4-9(3)6-10(12)14/h4-6,8,11,15H,7H2,1-3H3,(H,16,17). The topological polar surface area (TPSA) is 83.5 Å². The van der Waals surface area contributed by atoms with Crippen molar-refractivity contribution in [2.75, 3.05) is 0 Å². The van der Waals surface area contributed by atoms with E-state index in [0.29, 0.717) is 0 Å². The Hall–Kier alpha value is -1.11. The number of benzene rings is 1. The number of hydrogen-bond donors (Lipinski definition) is 2. The Morgan fingerprint density at radius 2 is 2.00 bits per heavy atom. The molecular formula is C13H18ClNO4S. The van der Waals surface area contributed by atoms with Crippen molar-refractivity contribution >= 4 is 27.6 Å². The monoisotopic (exact) mass is 319 g/mol. The summed E-state index contributed by atoms with van der Waals surface area (Å²) in [6.45, 7) is 5.32. The first-order valence-electron chi connectivity index (χ1n) is 6.13. The molecule has 2 N–H and O–H groups in total. The van der Waals surface area contributed by atoms with Gasteiger partial charge in [-0.3, -0.25) is 4.79 Å². The van der Waals surface area contributed by atoms with Gasteiger partial charge in [0.05, 0.1) is 11.4 Å². The Labute approximate surface area is 124 Å². The molecule has 5 nitrogen and oxygen atoms in total. The van der Waals surface area contributed by atoms with E-state index in [1.165, 1.54) is 6.07 Å². The largest absolute Gasteiger partial charge is 0.481 e. The number of nitrogens with one attached hydrogen (secondary N) is 1. The number of carbonyl (C=O) groups is 1. The van der Waals surface area contributed by atoms with Crippen molar-refractivity contribution in [2.45, 2.75) is 38.1 Å². The molecule has 1 aromatic rings. The summed E-state index contributed by atoms with van der Waals surface area (Å²) in [6.07, 6.45) is -0.277. The SMILES string of the molecule is Cc1ccc(S(=O)(=O)NC(CC(=O)O)C(C)C)c(Cl)c1. The molecule has 0 radical (unpaired) electrons. The first-order chi connectivity index (χ1) is 9.13. The molecule has 0 spiro atoms. The number of sulfonamides is 1. The van der Waals surface area contributed by atoms with Gasteiger partial charge in [-0.15, -0.1) is 0 Å². The van der Waals surface area contributed by atoms with Crippen molar-refractivity contribution in [1.29, 1.82) is 0 Å². The average molecular weight is 320 g/mol. The zero-order valence-electron chi connectivity index (χ0n) is 11.6. The van der Waals surface area contributed by atoms with Crippen LogP contribution in [0.4, 0.5) is 0 Å². The maximum Gasteiger partial charge on any atom is 0.304 e.